The van der Waals surface area contributed by atoms with E-state index in [0.717, 1.165) is 4.68 Å². The van der Waals surface area contributed by atoms with E-state index in [4.69, 9.17) is 21.1 Å². The molecule has 0 bridgehead atoms. The number of nitrogens with one attached hydrogen (secondary N) is 1. The van der Waals surface area contributed by atoms with Crippen molar-refractivity contribution in [2.24, 2.45) is 0 Å². The minimum absolute atomic E-state index is 0.243. The Morgan fingerprint density at radius 2 is 2.00 bits per heavy atom. The third kappa shape index (κ3) is 3.29. The molecule has 8 nitrogen and oxygen atoms in total. The molecule has 25 heavy (non-hydrogen) atoms. The quantitative estimate of drug-likeness (QED) is 0.748. The Morgan fingerprint density at radius 1 is 1.24 bits per heavy atom. The standard InChI is InChI=1S/C16H15ClN4O4/c1-24-12-8-13(25-2)11(7-10(12)17)18-15(22)9-21-16(23)20-6-4-3-5-14(20)19-21/h3-8H,9H2,1-2H3,(H,18,22). The van der Waals surface area contributed by atoms with Gasteiger partial charge < -0.3 is 14.8 Å². The molecular weight excluding hydrogens is 348 g/mol. The van der Waals surface area contributed by atoms with Gasteiger partial charge in [-0.05, 0) is 18.2 Å². The van der Waals surface area contributed by atoms with Gasteiger partial charge in [0.25, 0.3) is 0 Å². The van der Waals surface area contributed by atoms with Gasteiger partial charge in [0, 0.05) is 12.3 Å². The number of benzene rings is 1. The lowest BCUT2D eigenvalue weighted by atomic mass is 10.2. The molecule has 1 N–H and O–H groups in total. The van der Waals surface area contributed by atoms with Gasteiger partial charge in [0.05, 0.1) is 24.9 Å². The molecule has 1 amide bonds. The monoisotopic (exact) mass is 362 g/mol. The highest BCUT2D eigenvalue weighted by Gasteiger charge is 2.15. The smallest absolute Gasteiger partial charge is 0.350 e. The first kappa shape index (κ1) is 16.8. The van der Waals surface area contributed by atoms with Crippen LogP contribution in [-0.2, 0) is 11.3 Å². The summed E-state index contributed by atoms with van der Waals surface area (Å²) in [7, 11) is 2.94. The lowest BCUT2D eigenvalue weighted by Gasteiger charge is -2.12. The molecule has 2 aromatic heterocycles. The molecule has 9 heteroatoms. The third-order valence-corrected chi connectivity index (χ3v) is 3.83. The molecule has 3 aromatic rings. The first-order valence-corrected chi connectivity index (χ1v) is 7.67. The second-order valence-corrected chi connectivity index (χ2v) is 5.51. The second kappa shape index (κ2) is 6.86. The van der Waals surface area contributed by atoms with Crippen molar-refractivity contribution < 1.29 is 14.3 Å². The van der Waals surface area contributed by atoms with Gasteiger partial charge in [-0.3, -0.25) is 9.20 Å². The number of hydrogen-bond acceptors (Lipinski definition) is 5. The maximum Gasteiger partial charge on any atom is 0.350 e. The first-order chi connectivity index (χ1) is 12.0. The summed E-state index contributed by atoms with van der Waals surface area (Å²) in [6, 6.07) is 8.24. The van der Waals surface area contributed by atoms with Crippen LogP contribution >= 0.6 is 11.6 Å². The molecule has 0 aliphatic rings. The molecule has 2 heterocycles. The topological polar surface area (TPSA) is 86.9 Å². The molecule has 0 aliphatic carbocycles. The van der Waals surface area contributed by atoms with Crippen LogP contribution in [0.15, 0.2) is 41.3 Å². The van der Waals surface area contributed by atoms with E-state index in [1.807, 2.05) is 0 Å². The van der Waals surface area contributed by atoms with Crippen LogP contribution in [0.1, 0.15) is 0 Å². The van der Waals surface area contributed by atoms with Gasteiger partial charge in [-0.1, -0.05) is 17.7 Å². The Morgan fingerprint density at radius 3 is 2.68 bits per heavy atom. The Bertz CT molecular complexity index is 995. The normalized spacial score (nSPS) is 10.7. The van der Waals surface area contributed by atoms with E-state index in [1.165, 1.54) is 24.7 Å². The fraction of sp³-hybridized carbons (Fsp3) is 0.188. The average molecular weight is 363 g/mol. The van der Waals surface area contributed by atoms with Gasteiger partial charge in [0.1, 0.15) is 18.0 Å². The van der Waals surface area contributed by atoms with Gasteiger partial charge in [-0.2, -0.15) is 0 Å². The van der Waals surface area contributed by atoms with Crippen LogP contribution in [0.5, 0.6) is 11.5 Å². The number of rotatable bonds is 5. The first-order valence-electron chi connectivity index (χ1n) is 7.29. The zero-order valence-corrected chi connectivity index (χ0v) is 14.3. The van der Waals surface area contributed by atoms with E-state index in [0.29, 0.717) is 27.9 Å². The number of nitrogens with zero attached hydrogens (tertiary/aromatic N) is 3. The maximum absolute atomic E-state index is 12.3. The molecule has 0 saturated carbocycles. The number of hydrogen-bond donors (Lipinski definition) is 1. The summed E-state index contributed by atoms with van der Waals surface area (Å²) in [6.45, 7) is -0.243. The molecule has 0 fully saturated rings. The highest BCUT2D eigenvalue weighted by Crippen LogP contribution is 2.35. The van der Waals surface area contributed by atoms with Crippen molar-refractivity contribution >= 4 is 28.8 Å². The number of ether oxygens (including phenoxy) is 2. The molecule has 0 atom stereocenters. The van der Waals surface area contributed by atoms with Gasteiger partial charge in [-0.15, -0.1) is 5.10 Å². The van der Waals surface area contributed by atoms with Crippen molar-refractivity contribution in [3.63, 3.8) is 0 Å². The zero-order chi connectivity index (χ0) is 18.0. The largest absolute Gasteiger partial charge is 0.495 e. The molecule has 130 valence electrons. The lowest BCUT2D eigenvalue weighted by molar-refractivity contribution is -0.117. The number of carbonyl (C=O) groups excluding carboxylic acids is 1. The third-order valence-electron chi connectivity index (χ3n) is 3.53. The van der Waals surface area contributed by atoms with E-state index in [2.05, 4.69) is 10.4 Å². The van der Waals surface area contributed by atoms with Gasteiger partial charge >= 0.3 is 5.69 Å². The molecular formula is C16H15ClN4O4. The number of methoxy groups -OCH3 is 2. The summed E-state index contributed by atoms with van der Waals surface area (Å²) < 4.78 is 12.8. The van der Waals surface area contributed by atoms with Crippen LogP contribution in [-0.4, -0.2) is 34.3 Å². The predicted molar refractivity (Wildman–Crippen MR) is 92.6 cm³/mol. The number of halogens is 1. The lowest BCUT2D eigenvalue weighted by Crippen LogP contribution is -2.28. The number of anilines is 1. The summed E-state index contributed by atoms with van der Waals surface area (Å²) in [5, 5.41) is 7.09. The molecule has 0 aliphatic heterocycles. The summed E-state index contributed by atoms with van der Waals surface area (Å²) >= 11 is 6.08. The van der Waals surface area contributed by atoms with Gasteiger partial charge in [0.15, 0.2) is 5.65 Å². The van der Waals surface area contributed by atoms with Crippen molar-refractivity contribution in [2.45, 2.75) is 6.54 Å². The van der Waals surface area contributed by atoms with Gasteiger partial charge in [0.2, 0.25) is 5.91 Å². The number of carbonyl (C=O) groups is 1. The van der Waals surface area contributed by atoms with Crippen molar-refractivity contribution in [1.29, 1.82) is 0 Å². The van der Waals surface area contributed by atoms with Crippen molar-refractivity contribution in [1.82, 2.24) is 14.2 Å². The summed E-state index contributed by atoms with van der Waals surface area (Å²) in [5.74, 6) is 0.370. The van der Waals surface area contributed by atoms with Crippen LogP contribution in [0, 0.1) is 0 Å². The Balaban J connectivity index is 1.84. The van der Waals surface area contributed by atoms with E-state index in [1.54, 1.807) is 30.5 Å². The maximum atomic E-state index is 12.3. The van der Waals surface area contributed by atoms with E-state index < -0.39 is 11.6 Å². The SMILES string of the molecule is COc1cc(OC)c(NC(=O)Cn2nc3ccccn3c2=O)cc1Cl. The van der Waals surface area contributed by atoms with Crippen molar-refractivity contribution in [2.75, 3.05) is 19.5 Å². The minimum Gasteiger partial charge on any atom is -0.495 e. The predicted octanol–water partition coefficient (Wildman–Crippen LogP) is 1.81. The fourth-order valence-electron chi connectivity index (χ4n) is 2.35. The average Bonchev–Trinajstić information content (AvgIpc) is 2.91. The molecule has 3 rings (SSSR count). The van der Waals surface area contributed by atoms with E-state index in [9.17, 15) is 9.59 Å². The highest BCUT2D eigenvalue weighted by atomic mass is 35.5. The number of pyridine rings is 1. The summed E-state index contributed by atoms with van der Waals surface area (Å²) in [5.41, 5.74) is 0.436. The Kier molecular flexibility index (Phi) is 4.62. The number of aromatic nitrogens is 3. The van der Waals surface area contributed by atoms with Gasteiger partial charge in [-0.25, -0.2) is 9.48 Å². The molecule has 1 aromatic carbocycles. The Labute approximate surface area is 147 Å². The summed E-state index contributed by atoms with van der Waals surface area (Å²) in [4.78, 5) is 24.5. The van der Waals surface area contributed by atoms with Crippen LogP contribution < -0.4 is 20.5 Å². The number of amides is 1. The van der Waals surface area contributed by atoms with E-state index >= 15 is 0 Å². The van der Waals surface area contributed by atoms with Crippen LogP contribution in [0.4, 0.5) is 5.69 Å². The zero-order valence-electron chi connectivity index (χ0n) is 13.5. The van der Waals surface area contributed by atoms with E-state index in [-0.39, 0.29) is 6.54 Å². The molecule has 0 spiro atoms. The second-order valence-electron chi connectivity index (χ2n) is 5.10. The van der Waals surface area contributed by atoms with Crippen LogP contribution in [0.3, 0.4) is 0 Å². The fourth-order valence-corrected chi connectivity index (χ4v) is 2.60. The number of fused-ring (bicyclic) bond motifs is 1. The minimum atomic E-state index is -0.440. The Hall–Kier alpha value is -3.00. The molecule has 0 saturated heterocycles. The molecule has 0 unspecified atom stereocenters. The van der Waals surface area contributed by atoms with Crippen LogP contribution in [0.2, 0.25) is 5.02 Å². The van der Waals surface area contributed by atoms with Crippen LogP contribution in [0.25, 0.3) is 5.65 Å². The summed E-state index contributed by atoms with van der Waals surface area (Å²) in [6.07, 6.45) is 1.59. The van der Waals surface area contributed by atoms with Crippen molar-refractivity contribution in [3.8, 4) is 11.5 Å². The van der Waals surface area contributed by atoms with Crippen molar-refractivity contribution in [3.05, 3.63) is 52.0 Å². The molecule has 0 radical (unpaired) electrons. The highest BCUT2D eigenvalue weighted by molar-refractivity contribution is 6.32.